The van der Waals surface area contributed by atoms with E-state index in [0.29, 0.717) is 12.1 Å². The second-order valence-electron chi connectivity index (χ2n) is 5.67. The van der Waals surface area contributed by atoms with Crippen molar-refractivity contribution in [3.05, 3.63) is 29.3 Å². The Morgan fingerprint density at radius 1 is 1.35 bits per heavy atom. The average Bonchev–Trinajstić information content (AvgIpc) is 2.95. The summed E-state index contributed by atoms with van der Waals surface area (Å²) in [5, 5.41) is 6.79. The zero-order chi connectivity index (χ0) is 13.9. The highest BCUT2D eigenvalue weighted by Gasteiger charge is 2.22. The van der Waals surface area contributed by atoms with Crippen molar-refractivity contribution < 1.29 is 0 Å². The minimum absolute atomic E-state index is 0.393. The van der Waals surface area contributed by atoms with Crippen molar-refractivity contribution in [1.29, 1.82) is 0 Å². The number of pyridine rings is 1. The zero-order valence-corrected chi connectivity index (χ0v) is 13.8. The van der Waals surface area contributed by atoms with Gasteiger partial charge in [0.25, 0.3) is 0 Å². The Bertz CT molecular complexity index is 558. The number of nitrogens with one attached hydrogen (secondary N) is 1. The number of nitrogens with zero attached hydrogens (tertiary/aromatic N) is 1. The molecule has 1 aliphatic carbocycles. The van der Waals surface area contributed by atoms with Crippen LogP contribution in [-0.4, -0.2) is 22.5 Å². The minimum Gasteiger partial charge on any atom is -0.307 e. The topological polar surface area (TPSA) is 24.9 Å². The van der Waals surface area contributed by atoms with Crippen LogP contribution in [0.1, 0.15) is 44.2 Å². The standard InChI is InChI=1S/C16H22N2S2/c1-11(18-13-3-5-14(19-2)6-4-13)12-9-16-15(17-10-12)7-8-20-16/h7-11,13-14,18H,3-6H2,1-2H3. The van der Waals surface area contributed by atoms with E-state index in [9.17, 15) is 0 Å². The molecule has 2 aromatic heterocycles. The van der Waals surface area contributed by atoms with Crippen molar-refractivity contribution in [1.82, 2.24) is 10.3 Å². The Labute approximate surface area is 129 Å². The summed E-state index contributed by atoms with van der Waals surface area (Å²) in [5.74, 6) is 0. The van der Waals surface area contributed by atoms with Crippen molar-refractivity contribution in [2.45, 2.75) is 49.9 Å². The molecule has 4 heteroatoms. The first-order valence-electron chi connectivity index (χ1n) is 7.38. The number of hydrogen-bond donors (Lipinski definition) is 1. The third kappa shape index (κ3) is 3.18. The summed E-state index contributed by atoms with van der Waals surface area (Å²) in [4.78, 5) is 4.55. The fourth-order valence-electron chi connectivity index (χ4n) is 3.01. The van der Waals surface area contributed by atoms with E-state index in [1.165, 1.54) is 35.9 Å². The molecule has 1 atom stereocenters. The summed E-state index contributed by atoms with van der Waals surface area (Å²) >= 11 is 3.80. The van der Waals surface area contributed by atoms with Gasteiger partial charge in [0.05, 0.1) is 10.2 Å². The van der Waals surface area contributed by atoms with Crippen LogP contribution in [0.2, 0.25) is 0 Å². The van der Waals surface area contributed by atoms with Gasteiger partial charge in [-0.1, -0.05) is 0 Å². The van der Waals surface area contributed by atoms with Crippen LogP contribution in [0.25, 0.3) is 10.2 Å². The number of rotatable bonds is 4. The molecule has 0 saturated heterocycles. The van der Waals surface area contributed by atoms with Gasteiger partial charge in [-0.2, -0.15) is 11.8 Å². The number of thiophene rings is 1. The van der Waals surface area contributed by atoms with Gasteiger partial charge in [-0.15, -0.1) is 11.3 Å². The molecule has 2 aromatic rings. The molecule has 0 aromatic carbocycles. The van der Waals surface area contributed by atoms with Crippen LogP contribution in [-0.2, 0) is 0 Å². The van der Waals surface area contributed by atoms with Gasteiger partial charge >= 0.3 is 0 Å². The quantitative estimate of drug-likeness (QED) is 0.892. The van der Waals surface area contributed by atoms with Gasteiger partial charge < -0.3 is 5.32 Å². The second kappa shape index (κ2) is 6.46. The van der Waals surface area contributed by atoms with Crippen molar-refractivity contribution >= 4 is 33.3 Å². The van der Waals surface area contributed by atoms with Crippen molar-refractivity contribution in [2.75, 3.05) is 6.26 Å². The summed E-state index contributed by atoms with van der Waals surface area (Å²) in [6, 6.07) is 5.45. The fraction of sp³-hybridized carbons (Fsp3) is 0.562. The third-order valence-electron chi connectivity index (χ3n) is 4.32. The minimum atomic E-state index is 0.393. The molecule has 0 bridgehead atoms. The Hall–Kier alpha value is -0.580. The summed E-state index contributed by atoms with van der Waals surface area (Å²) in [6.45, 7) is 2.26. The SMILES string of the molecule is CSC1CCC(NC(C)c2cnc3ccsc3c2)CC1. The number of hydrogen-bond acceptors (Lipinski definition) is 4. The summed E-state index contributed by atoms with van der Waals surface area (Å²) in [7, 11) is 0. The lowest BCUT2D eigenvalue weighted by Gasteiger charge is -2.30. The maximum absolute atomic E-state index is 4.55. The first-order chi connectivity index (χ1) is 9.76. The van der Waals surface area contributed by atoms with E-state index in [2.05, 4.69) is 41.0 Å². The Morgan fingerprint density at radius 3 is 2.90 bits per heavy atom. The normalized spacial score (nSPS) is 24.9. The first-order valence-corrected chi connectivity index (χ1v) is 9.55. The number of thioether (sulfide) groups is 1. The van der Waals surface area contributed by atoms with Crippen LogP contribution >= 0.6 is 23.1 Å². The molecule has 2 heterocycles. The maximum Gasteiger partial charge on any atom is 0.0809 e. The Balaban J connectivity index is 1.62. The molecule has 1 N–H and O–H groups in total. The number of fused-ring (bicyclic) bond motifs is 1. The molecular weight excluding hydrogens is 284 g/mol. The molecule has 108 valence electrons. The predicted molar refractivity (Wildman–Crippen MR) is 90.7 cm³/mol. The molecule has 0 amide bonds. The van der Waals surface area contributed by atoms with Crippen molar-refractivity contribution in [3.63, 3.8) is 0 Å². The van der Waals surface area contributed by atoms with E-state index in [1.54, 1.807) is 11.3 Å². The van der Waals surface area contributed by atoms with Gasteiger partial charge in [0, 0.05) is 23.5 Å². The summed E-state index contributed by atoms with van der Waals surface area (Å²) in [6.07, 6.45) is 9.60. The van der Waals surface area contributed by atoms with Gasteiger partial charge in [-0.3, -0.25) is 4.98 Å². The Morgan fingerprint density at radius 2 is 2.15 bits per heavy atom. The highest BCUT2D eigenvalue weighted by atomic mass is 32.2. The lowest BCUT2D eigenvalue weighted by atomic mass is 9.94. The van der Waals surface area contributed by atoms with E-state index < -0.39 is 0 Å². The average molecular weight is 307 g/mol. The Kier molecular flexibility index (Phi) is 4.64. The summed E-state index contributed by atoms with van der Waals surface area (Å²) in [5.41, 5.74) is 2.43. The smallest absolute Gasteiger partial charge is 0.0809 e. The van der Waals surface area contributed by atoms with Crippen LogP contribution in [0.3, 0.4) is 0 Å². The van der Waals surface area contributed by atoms with Gasteiger partial charge in [-0.05, 0) is 61.9 Å². The van der Waals surface area contributed by atoms with Gasteiger partial charge in [0.2, 0.25) is 0 Å². The molecule has 3 rings (SSSR count). The molecule has 20 heavy (non-hydrogen) atoms. The number of aromatic nitrogens is 1. The molecule has 1 fully saturated rings. The van der Waals surface area contributed by atoms with Crippen LogP contribution in [0.5, 0.6) is 0 Å². The van der Waals surface area contributed by atoms with Gasteiger partial charge in [-0.25, -0.2) is 0 Å². The second-order valence-corrected chi connectivity index (χ2v) is 7.76. The monoisotopic (exact) mass is 306 g/mol. The molecular formula is C16H22N2S2. The molecule has 1 saturated carbocycles. The predicted octanol–water partition coefficient (Wildman–Crippen LogP) is 4.62. The lowest BCUT2D eigenvalue weighted by Crippen LogP contribution is -2.35. The van der Waals surface area contributed by atoms with Gasteiger partial charge in [0.1, 0.15) is 0 Å². The maximum atomic E-state index is 4.55. The van der Waals surface area contributed by atoms with Crippen LogP contribution < -0.4 is 5.32 Å². The van der Waals surface area contributed by atoms with E-state index in [1.807, 2.05) is 18.0 Å². The zero-order valence-electron chi connectivity index (χ0n) is 12.1. The molecule has 2 nitrogen and oxygen atoms in total. The van der Waals surface area contributed by atoms with Gasteiger partial charge in [0.15, 0.2) is 0 Å². The van der Waals surface area contributed by atoms with Crippen LogP contribution in [0.15, 0.2) is 23.7 Å². The summed E-state index contributed by atoms with van der Waals surface area (Å²) < 4.78 is 1.29. The third-order valence-corrected chi connectivity index (χ3v) is 6.31. The molecule has 0 aliphatic heterocycles. The largest absolute Gasteiger partial charge is 0.307 e. The van der Waals surface area contributed by atoms with Crippen LogP contribution in [0.4, 0.5) is 0 Å². The molecule has 1 unspecified atom stereocenters. The fourth-order valence-corrected chi connectivity index (χ4v) is 4.55. The first kappa shape index (κ1) is 14.4. The van der Waals surface area contributed by atoms with Crippen molar-refractivity contribution in [2.24, 2.45) is 0 Å². The lowest BCUT2D eigenvalue weighted by molar-refractivity contribution is 0.352. The molecule has 0 spiro atoms. The van der Waals surface area contributed by atoms with E-state index in [0.717, 1.165) is 10.8 Å². The van der Waals surface area contributed by atoms with E-state index in [4.69, 9.17) is 0 Å². The van der Waals surface area contributed by atoms with E-state index in [-0.39, 0.29) is 0 Å². The molecule has 0 radical (unpaired) electrons. The molecule has 1 aliphatic rings. The van der Waals surface area contributed by atoms with Crippen molar-refractivity contribution in [3.8, 4) is 0 Å². The van der Waals surface area contributed by atoms with E-state index >= 15 is 0 Å². The highest BCUT2D eigenvalue weighted by molar-refractivity contribution is 7.99. The van der Waals surface area contributed by atoms with Crippen LogP contribution in [0, 0.1) is 0 Å². The highest BCUT2D eigenvalue weighted by Crippen LogP contribution is 2.29.